The molecular formula is C76H63NO2. The van der Waals surface area contributed by atoms with Gasteiger partial charge in [0, 0.05) is 65.7 Å². The minimum Gasteiger partial charge on any atom is -0.456 e. The number of rotatable bonds is 4. The Morgan fingerprint density at radius 2 is 0.861 bits per heavy atom. The van der Waals surface area contributed by atoms with E-state index in [0.29, 0.717) is 0 Å². The fraction of sp³-hybridized carbons (Fsp3) is 0.211. The lowest BCUT2D eigenvalue weighted by molar-refractivity contribution is 0.590. The zero-order chi connectivity index (χ0) is 54.0. The van der Waals surface area contributed by atoms with E-state index in [1.54, 1.807) is 0 Å². The molecular weight excluding hydrogens is 959 g/mol. The Bertz CT molecular complexity index is 4690. The van der Waals surface area contributed by atoms with E-state index in [1.807, 2.05) is 0 Å². The van der Waals surface area contributed by atoms with E-state index in [0.717, 1.165) is 44.7 Å². The van der Waals surface area contributed by atoms with Crippen molar-refractivity contribution >= 4 is 60.9 Å². The maximum atomic E-state index is 6.95. The van der Waals surface area contributed by atoms with Crippen molar-refractivity contribution in [1.82, 2.24) is 0 Å². The molecule has 79 heavy (non-hydrogen) atoms. The molecule has 384 valence electrons. The summed E-state index contributed by atoms with van der Waals surface area (Å²) in [5.74, 6) is 0. The topological polar surface area (TPSA) is 29.5 Å². The lowest BCUT2D eigenvalue weighted by atomic mass is 9.79. The summed E-state index contributed by atoms with van der Waals surface area (Å²) in [5, 5.41) is 4.75. The number of para-hydroxylation sites is 2. The molecule has 2 heterocycles. The number of hydrogen-bond acceptors (Lipinski definition) is 3. The van der Waals surface area contributed by atoms with Gasteiger partial charge in [-0.25, -0.2) is 0 Å². The Morgan fingerprint density at radius 3 is 1.59 bits per heavy atom. The van der Waals surface area contributed by atoms with Crippen molar-refractivity contribution < 1.29 is 8.83 Å². The van der Waals surface area contributed by atoms with Crippen molar-refractivity contribution in [1.29, 1.82) is 0 Å². The van der Waals surface area contributed by atoms with Gasteiger partial charge in [-0.3, -0.25) is 0 Å². The first-order valence-corrected chi connectivity index (χ1v) is 28.4. The monoisotopic (exact) mass is 1020 g/mol. The van der Waals surface area contributed by atoms with E-state index in [4.69, 9.17) is 8.83 Å². The smallest absolute Gasteiger partial charge is 0.143 e. The van der Waals surface area contributed by atoms with Crippen LogP contribution in [-0.2, 0) is 27.1 Å². The predicted molar refractivity (Wildman–Crippen MR) is 330 cm³/mol. The van der Waals surface area contributed by atoms with Crippen LogP contribution < -0.4 is 4.90 Å². The summed E-state index contributed by atoms with van der Waals surface area (Å²) < 4.78 is 13.5. The van der Waals surface area contributed by atoms with Crippen molar-refractivity contribution in [2.75, 3.05) is 4.90 Å². The standard InChI is InChI=1S/C76H63NO2/c1-72(2,3)43-29-27-42(28-30-43)51-39-61-67(70-50-21-14-17-26-64(50)79-71(51)70)48-34-32-45(38-58(48)76(61,10)11)77(62-24-18-23-55-66(62)47-19-12-15-22-54(47)73(55,4)5)44-31-33-46-52-40-60-53(41-59(52)75(8,9)57(46)37-44)68-56(74(60,6)7)35-36-65-69(68)49-20-13-16-25-63(49)78-65/h12-41H,1-11H3. The zero-order valence-corrected chi connectivity index (χ0v) is 47.1. The molecule has 2 aromatic heterocycles. The van der Waals surface area contributed by atoms with Crippen molar-refractivity contribution in [3.8, 4) is 55.6 Å². The summed E-state index contributed by atoms with van der Waals surface area (Å²) in [6.07, 6.45) is 0. The molecule has 0 N–H and O–H groups in total. The molecule has 0 fully saturated rings. The molecule has 4 aliphatic rings. The average Bonchev–Trinajstić information content (AvgIpc) is 3.44. The Labute approximate surface area is 463 Å². The first-order chi connectivity index (χ1) is 37.8. The summed E-state index contributed by atoms with van der Waals surface area (Å²) >= 11 is 0. The molecule has 0 radical (unpaired) electrons. The second kappa shape index (κ2) is 15.2. The summed E-state index contributed by atoms with van der Waals surface area (Å²) in [5.41, 5.74) is 31.2. The van der Waals surface area contributed by atoms with Crippen LogP contribution in [0.4, 0.5) is 17.1 Å². The van der Waals surface area contributed by atoms with E-state index >= 15 is 0 Å². The quantitative estimate of drug-likeness (QED) is 0.176. The van der Waals surface area contributed by atoms with Gasteiger partial charge in [-0.15, -0.1) is 0 Å². The second-order valence-electron chi connectivity index (χ2n) is 26.4. The lowest BCUT2D eigenvalue weighted by Gasteiger charge is -2.31. The van der Waals surface area contributed by atoms with Crippen LogP contribution in [0.25, 0.3) is 99.5 Å². The molecule has 3 nitrogen and oxygen atoms in total. The molecule has 0 aliphatic heterocycles. The maximum absolute atomic E-state index is 6.95. The van der Waals surface area contributed by atoms with Crippen LogP contribution in [0.5, 0.6) is 0 Å². The predicted octanol–water partition coefficient (Wildman–Crippen LogP) is 21.1. The Hall–Kier alpha value is -8.40. The van der Waals surface area contributed by atoms with Crippen molar-refractivity contribution in [2.24, 2.45) is 0 Å². The maximum Gasteiger partial charge on any atom is 0.143 e. The summed E-state index contributed by atoms with van der Waals surface area (Å²) in [6.45, 7) is 26.2. The van der Waals surface area contributed by atoms with Crippen LogP contribution in [0, 0.1) is 0 Å². The van der Waals surface area contributed by atoms with Gasteiger partial charge in [-0.2, -0.15) is 0 Å². The van der Waals surface area contributed by atoms with Gasteiger partial charge in [-0.1, -0.05) is 191 Å². The fourth-order valence-electron chi connectivity index (χ4n) is 15.3. The lowest BCUT2D eigenvalue weighted by Crippen LogP contribution is -2.19. The molecule has 0 unspecified atom stereocenters. The number of furan rings is 2. The van der Waals surface area contributed by atoms with Crippen molar-refractivity contribution in [3.63, 3.8) is 0 Å². The Morgan fingerprint density at radius 1 is 0.342 bits per heavy atom. The van der Waals surface area contributed by atoms with Crippen LogP contribution in [0.2, 0.25) is 0 Å². The molecule has 0 amide bonds. The highest BCUT2D eigenvalue weighted by molar-refractivity contribution is 6.19. The van der Waals surface area contributed by atoms with Crippen LogP contribution in [0.15, 0.2) is 191 Å². The Kier molecular flexibility index (Phi) is 9.00. The highest BCUT2D eigenvalue weighted by Crippen LogP contribution is 2.62. The third-order valence-electron chi connectivity index (χ3n) is 19.6. The van der Waals surface area contributed by atoms with Gasteiger partial charge in [-0.05, 0) is 167 Å². The minimum atomic E-state index is -0.338. The summed E-state index contributed by atoms with van der Waals surface area (Å²) in [6, 6.07) is 69.1. The molecule has 12 aromatic rings. The SMILES string of the molecule is CC(C)(C)c1ccc(-c2cc3c(c4c2oc2ccccc24)-c2ccc(N(c4ccc5c(c4)C(C)(C)c4cc6c(cc4-5)C(C)(C)c4ccc5oc7ccccc7c5c4-6)c4cccc5c4-c4ccccc4C5(C)C)cc2C3(C)C)cc1. The van der Waals surface area contributed by atoms with Gasteiger partial charge in [0.1, 0.15) is 22.3 Å². The third kappa shape index (κ3) is 6.03. The third-order valence-corrected chi connectivity index (χ3v) is 19.6. The first-order valence-electron chi connectivity index (χ1n) is 28.4. The van der Waals surface area contributed by atoms with E-state index in [9.17, 15) is 0 Å². The normalized spacial score (nSPS) is 16.2. The molecule has 0 saturated heterocycles. The highest BCUT2D eigenvalue weighted by atomic mass is 16.3. The Balaban J connectivity index is 0.895. The zero-order valence-electron chi connectivity index (χ0n) is 47.1. The molecule has 3 heteroatoms. The van der Waals surface area contributed by atoms with Crippen LogP contribution in [0.1, 0.15) is 126 Å². The largest absolute Gasteiger partial charge is 0.456 e. The first kappa shape index (κ1) is 46.7. The van der Waals surface area contributed by atoms with Crippen molar-refractivity contribution in [3.05, 3.63) is 232 Å². The number of hydrogen-bond donors (Lipinski definition) is 0. The molecule has 0 saturated carbocycles. The number of fused-ring (bicyclic) bond motifs is 20. The van der Waals surface area contributed by atoms with E-state index in [2.05, 4.69) is 263 Å². The molecule has 4 aliphatic carbocycles. The van der Waals surface area contributed by atoms with E-state index < -0.39 is 0 Å². The number of anilines is 3. The van der Waals surface area contributed by atoms with E-state index in [1.165, 1.54) is 122 Å². The molecule has 10 aromatic carbocycles. The average molecular weight is 1020 g/mol. The van der Waals surface area contributed by atoms with Gasteiger partial charge in [0.05, 0.1) is 5.69 Å². The molecule has 0 bridgehead atoms. The van der Waals surface area contributed by atoms with E-state index in [-0.39, 0.29) is 27.1 Å². The second-order valence-corrected chi connectivity index (χ2v) is 26.4. The number of nitrogens with zero attached hydrogens (tertiary/aromatic N) is 1. The summed E-state index contributed by atoms with van der Waals surface area (Å²) in [7, 11) is 0. The number of benzene rings is 10. The molecule has 16 rings (SSSR count). The van der Waals surface area contributed by atoms with Crippen LogP contribution in [0.3, 0.4) is 0 Å². The minimum absolute atomic E-state index is 0.0524. The van der Waals surface area contributed by atoms with Gasteiger partial charge < -0.3 is 13.7 Å². The van der Waals surface area contributed by atoms with Gasteiger partial charge >= 0.3 is 0 Å². The highest BCUT2D eigenvalue weighted by Gasteiger charge is 2.45. The fourth-order valence-corrected chi connectivity index (χ4v) is 15.3. The van der Waals surface area contributed by atoms with Crippen LogP contribution >= 0.6 is 0 Å². The van der Waals surface area contributed by atoms with Crippen molar-refractivity contribution in [2.45, 2.75) is 103 Å². The summed E-state index contributed by atoms with van der Waals surface area (Å²) in [4.78, 5) is 2.58. The van der Waals surface area contributed by atoms with Gasteiger partial charge in [0.15, 0.2) is 0 Å². The molecule has 0 atom stereocenters. The van der Waals surface area contributed by atoms with Gasteiger partial charge in [0.2, 0.25) is 0 Å². The van der Waals surface area contributed by atoms with Crippen LogP contribution in [-0.4, -0.2) is 0 Å². The van der Waals surface area contributed by atoms with Gasteiger partial charge in [0.25, 0.3) is 0 Å². The molecule has 0 spiro atoms.